The molecular weight excluding hydrogens is 230 g/mol. The van der Waals surface area contributed by atoms with Gasteiger partial charge in [-0.2, -0.15) is 5.06 Å². The van der Waals surface area contributed by atoms with Gasteiger partial charge in [-0.1, -0.05) is 10.6 Å². The minimum absolute atomic E-state index is 0.432. The van der Waals surface area contributed by atoms with E-state index in [0.717, 1.165) is 9.76 Å². The third-order valence-electron chi connectivity index (χ3n) is 1.97. The Morgan fingerprint density at radius 1 is 1.50 bits per heavy atom. The number of hydrogen-bond donors (Lipinski definition) is 0. The van der Waals surface area contributed by atoms with Gasteiger partial charge in [0.15, 0.2) is 5.75 Å². The maximum atomic E-state index is 11.5. The molecule has 0 radical (unpaired) electrons. The van der Waals surface area contributed by atoms with Gasteiger partial charge in [0.2, 0.25) is 0 Å². The number of aromatic nitrogens is 2. The summed E-state index contributed by atoms with van der Waals surface area (Å²) in [6.07, 6.45) is -0.594. The van der Waals surface area contributed by atoms with E-state index in [1.54, 1.807) is 18.2 Å². The second-order valence-corrected chi connectivity index (χ2v) is 3.68. The van der Waals surface area contributed by atoms with Crippen molar-refractivity contribution in [3.05, 3.63) is 18.2 Å². The lowest BCUT2D eigenvalue weighted by Crippen LogP contribution is -2.28. The van der Waals surface area contributed by atoms with Crippen molar-refractivity contribution in [3.8, 4) is 5.75 Å². The van der Waals surface area contributed by atoms with Crippen molar-refractivity contribution < 1.29 is 14.4 Å². The van der Waals surface area contributed by atoms with Crippen molar-refractivity contribution in [2.45, 2.75) is 0 Å². The maximum absolute atomic E-state index is 11.5. The van der Waals surface area contributed by atoms with Crippen LogP contribution in [-0.4, -0.2) is 34.9 Å². The topological polar surface area (TPSA) is 64.5 Å². The highest BCUT2D eigenvalue weighted by molar-refractivity contribution is 7.13. The first-order valence-corrected chi connectivity index (χ1v) is 5.20. The zero-order chi connectivity index (χ0) is 11.5. The summed E-state index contributed by atoms with van der Waals surface area (Å²) in [6.45, 7) is 0. The molecule has 0 aliphatic heterocycles. The summed E-state index contributed by atoms with van der Waals surface area (Å²) in [5.41, 5.74) is 0.704. The molecule has 1 heterocycles. The van der Waals surface area contributed by atoms with Gasteiger partial charge in [0.1, 0.15) is 10.2 Å². The lowest BCUT2D eigenvalue weighted by molar-refractivity contribution is -0.0789. The number of rotatable bonds is 2. The van der Waals surface area contributed by atoms with E-state index < -0.39 is 6.09 Å². The molecule has 0 saturated carbocycles. The average molecular weight is 239 g/mol. The van der Waals surface area contributed by atoms with Crippen LogP contribution in [0.15, 0.2) is 18.2 Å². The number of amides is 1. The van der Waals surface area contributed by atoms with Crippen LogP contribution in [-0.2, 0) is 4.84 Å². The number of hydroxylamine groups is 2. The molecule has 0 saturated heterocycles. The number of fused-ring (bicyclic) bond motifs is 1. The predicted molar refractivity (Wildman–Crippen MR) is 58.2 cm³/mol. The Hall–Kier alpha value is -1.73. The van der Waals surface area contributed by atoms with E-state index in [1.165, 1.54) is 25.7 Å². The summed E-state index contributed by atoms with van der Waals surface area (Å²) in [5.74, 6) is 0.432. The fraction of sp³-hybridized carbons (Fsp3) is 0.222. The van der Waals surface area contributed by atoms with Crippen LogP contribution in [0.25, 0.3) is 10.2 Å². The Morgan fingerprint density at radius 3 is 3.06 bits per heavy atom. The van der Waals surface area contributed by atoms with E-state index >= 15 is 0 Å². The molecule has 0 fully saturated rings. The third kappa shape index (κ3) is 1.95. The number of carbonyl (C=O) groups is 1. The fourth-order valence-corrected chi connectivity index (χ4v) is 1.71. The van der Waals surface area contributed by atoms with Gasteiger partial charge in [-0.25, -0.2) is 4.79 Å². The van der Waals surface area contributed by atoms with Gasteiger partial charge in [0.25, 0.3) is 0 Å². The maximum Gasteiger partial charge on any atom is 0.439 e. The molecule has 2 rings (SSSR count). The summed E-state index contributed by atoms with van der Waals surface area (Å²) < 4.78 is 9.66. The standard InChI is InChI=1S/C9H9N3O3S/c1-12(14-2)9(13)15-7-5-3-4-6-8(7)16-11-10-6/h3-5H,1-2H3. The quantitative estimate of drug-likeness (QED) is 0.746. The second kappa shape index (κ2) is 4.42. The van der Waals surface area contributed by atoms with Crippen LogP contribution in [0.5, 0.6) is 5.75 Å². The molecule has 0 atom stereocenters. The van der Waals surface area contributed by atoms with E-state index in [4.69, 9.17) is 9.57 Å². The van der Waals surface area contributed by atoms with Crippen molar-refractivity contribution in [3.63, 3.8) is 0 Å². The molecule has 2 aromatic rings. The van der Waals surface area contributed by atoms with E-state index in [9.17, 15) is 4.79 Å². The molecule has 0 aliphatic rings. The van der Waals surface area contributed by atoms with E-state index in [-0.39, 0.29) is 0 Å². The number of nitrogens with zero attached hydrogens (tertiary/aromatic N) is 3. The van der Waals surface area contributed by atoms with Gasteiger partial charge in [0, 0.05) is 7.05 Å². The molecule has 16 heavy (non-hydrogen) atoms. The normalized spacial score (nSPS) is 10.4. The highest BCUT2D eigenvalue weighted by Crippen LogP contribution is 2.27. The zero-order valence-electron chi connectivity index (χ0n) is 8.71. The third-order valence-corrected chi connectivity index (χ3v) is 2.72. The van der Waals surface area contributed by atoms with Crippen molar-refractivity contribution >= 4 is 27.8 Å². The van der Waals surface area contributed by atoms with Crippen molar-refractivity contribution in [1.82, 2.24) is 14.7 Å². The Kier molecular flexibility index (Phi) is 2.97. The lowest BCUT2D eigenvalue weighted by Gasteiger charge is -2.13. The fourth-order valence-electron chi connectivity index (χ4n) is 1.09. The van der Waals surface area contributed by atoms with Crippen LogP contribution in [0.3, 0.4) is 0 Å². The zero-order valence-corrected chi connectivity index (χ0v) is 9.52. The van der Waals surface area contributed by atoms with Crippen LogP contribution in [0.4, 0.5) is 4.79 Å². The lowest BCUT2D eigenvalue weighted by atomic mass is 10.3. The summed E-state index contributed by atoms with van der Waals surface area (Å²) in [6, 6.07) is 5.24. The number of benzene rings is 1. The summed E-state index contributed by atoms with van der Waals surface area (Å²) in [7, 11) is 2.85. The second-order valence-electron chi connectivity index (χ2n) is 2.93. The minimum Gasteiger partial charge on any atom is -0.407 e. The molecule has 0 bridgehead atoms. The first kappa shape index (κ1) is 10.8. The molecule has 0 N–H and O–H groups in total. The van der Waals surface area contributed by atoms with Crippen LogP contribution in [0.1, 0.15) is 0 Å². The largest absolute Gasteiger partial charge is 0.439 e. The van der Waals surface area contributed by atoms with Gasteiger partial charge in [-0.3, -0.25) is 4.84 Å². The monoisotopic (exact) mass is 239 g/mol. The molecule has 0 unspecified atom stereocenters. The Labute approximate surface area is 95.5 Å². The molecule has 7 heteroatoms. The molecule has 84 valence electrons. The number of hydrogen-bond acceptors (Lipinski definition) is 6. The highest BCUT2D eigenvalue weighted by Gasteiger charge is 2.13. The SMILES string of the molecule is CON(C)C(=O)Oc1cccc2nnsc12. The summed E-state index contributed by atoms with van der Waals surface area (Å²) in [4.78, 5) is 16.2. The Balaban J connectivity index is 2.27. The van der Waals surface area contributed by atoms with Crippen LogP contribution in [0.2, 0.25) is 0 Å². The molecule has 1 aromatic heterocycles. The van der Waals surface area contributed by atoms with E-state index in [0.29, 0.717) is 11.3 Å². The van der Waals surface area contributed by atoms with E-state index in [1.807, 2.05) is 0 Å². The smallest absolute Gasteiger partial charge is 0.407 e. The van der Waals surface area contributed by atoms with Gasteiger partial charge in [-0.05, 0) is 23.7 Å². The number of ether oxygens (including phenoxy) is 1. The molecule has 0 aliphatic carbocycles. The predicted octanol–water partition coefficient (Wildman–Crippen LogP) is 1.68. The Morgan fingerprint density at radius 2 is 2.31 bits per heavy atom. The molecular formula is C9H9N3O3S. The van der Waals surface area contributed by atoms with Gasteiger partial charge >= 0.3 is 6.09 Å². The van der Waals surface area contributed by atoms with Crippen LogP contribution in [0, 0.1) is 0 Å². The van der Waals surface area contributed by atoms with Crippen molar-refractivity contribution in [2.75, 3.05) is 14.2 Å². The highest BCUT2D eigenvalue weighted by atomic mass is 32.1. The molecule has 1 amide bonds. The summed E-state index contributed by atoms with van der Waals surface area (Å²) in [5, 5.41) is 4.88. The van der Waals surface area contributed by atoms with Gasteiger partial charge in [-0.15, -0.1) is 5.10 Å². The first-order valence-electron chi connectivity index (χ1n) is 4.43. The molecule has 1 aromatic carbocycles. The van der Waals surface area contributed by atoms with Crippen molar-refractivity contribution in [1.29, 1.82) is 0 Å². The first-order chi connectivity index (χ1) is 7.72. The average Bonchev–Trinajstić information content (AvgIpc) is 2.77. The molecule has 6 nitrogen and oxygen atoms in total. The van der Waals surface area contributed by atoms with E-state index in [2.05, 4.69) is 9.59 Å². The minimum atomic E-state index is -0.594. The van der Waals surface area contributed by atoms with Crippen LogP contribution >= 0.6 is 11.5 Å². The number of carbonyl (C=O) groups excluding carboxylic acids is 1. The van der Waals surface area contributed by atoms with Gasteiger partial charge < -0.3 is 4.74 Å². The Bertz CT molecular complexity index is 513. The molecule has 0 spiro atoms. The summed E-state index contributed by atoms with van der Waals surface area (Å²) >= 11 is 1.18. The van der Waals surface area contributed by atoms with Gasteiger partial charge in [0.05, 0.1) is 7.11 Å². The van der Waals surface area contributed by atoms with Crippen LogP contribution < -0.4 is 4.74 Å². The van der Waals surface area contributed by atoms with Crippen molar-refractivity contribution in [2.24, 2.45) is 0 Å².